The van der Waals surface area contributed by atoms with E-state index in [-0.39, 0.29) is 43.0 Å². The van der Waals surface area contributed by atoms with Crippen molar-refractivity contribution >= 4 is 29.3 Å². The Morgan fingerprint density at radius 3 is 2.18 bits per heavy atom. The van der Waals surface area contributed by atoms with Crippen LogP contribution in [0.3, 0.4) is 0 Å². The average Bonchev–Trinajstić information content (AvgIpc) is 3.44. The van der Waals surface area contributed by atoms with E-state index >= 15 is 0 Å². The van der Waals surface area contributed by atoms with Gasteiger partial charge in [-0.25, -0.2) is 0 Å². The molecule has 0 saturated carbocycles. The van der Waals surface area contributed by atoms with E-state index in [9.17, 15) is 19.2 Å². The highest BCUT2D eigenvalue weighted by atomic mass is 16.3. The van der Waals surface area contributed by atoms with Crippen LogP contribution in [0.5, 0.6) is 0 Å². The molecule has 0 aliphatic carbocycles. The largest absolute Gasteiger partial charge is 0.467 e. The molecule has 3 aromatic rings. The summed E-state index contributed by atoms with van der Waals surface area (Å²) in [5, 5.41) is 5.73. The number of nitrogens with one attached hydrogen (secondary N) is 2. The lowest BCUT2D eigenvalue weighted by Crippen LogP contribution is -2.64. The molecule has 4 amide bonds. The third kappa shape index (κ3) is 6.11. The molecule has 1 aliphatic rings. The molecule has 4 rings (SSSR count). The number of likely N-dealkylation sites (tertiary alicyclic amines) is 1. The maximum atomic E-state index is 14.0. The van der Waals surface area contributed by atoms with Crippen molar-refractivity contribution in [3.8, 4) is 0 Å². The average molecular weight is 517 g/mol. The number of piperidine rings is 1. The number of carbonyl (C=O) groups excluding carboxylic acids is 4. The topological polar surface area (TPSA) is 112 Å². The van der Waals surface area contributed by atoms with Crippen LogP contribution in [0.25, 0.3) is 0 Å². The van der Waals surface area contributed by atoms with Gasteiger partial charge in [-0.15, -0.1) is 0 Å². The Morgan fingerprint density at radius 1 is 0.921 bits per heavy atom. The summed E-state index contributed by atoms with van der Waals surface area (Å²) >= 11 is 0. The number of rotatable bonds is 8. The molecule has 0 unspecified atom stereocenters. The van der Waals surface area contributed by atoms with Crippen molar-refractivity contribution in [3.63, 3.8) is 0 Å². The predicted molar refractivity (Wildman–Crippen MR) is 142 cm³/mol. The molecule has 0 bridgehead atoms. The second-order valence-corrected chi connectivity index (χ2v) is 9.44. The Bertz CT molecular complexity index is 1260. The van der Waals surface area contributed by atoms with Crippen molar-refractivity contribution in [2.24, 2.45) is 0 Å². The van der Waals surface area contributed by atoms with Gasteiger partial charge < -0.3 is 24.9 Å². The molecule has 9 heteroatoms. The second-order valence-electron chi connectivity index (χ2n) is 9.44. The van der Waals surface area contributed by atoms with Crippen molar-refractivity contribution in [1.82, 2.24) is 15.1 Å². The summed E-state index contributed by atoms with van der Waals surface area (Å²) in [6, 6.07) is 19.6. The fraction of sp³-hybridized carbons (Fsp3) is 0.310. The Labute approximate surface area is 221 Å². The van der Waals surface area contributed by atoms with Gasteiger partial charge in [-0.1, -0.05) is 30.3 Å². The van der Waals surface area contributed by atoms with Gasteiger partial charge in [0.05, 0.1) is 12.8 Å². The van der Waals surface area contributed by atoms with Crippen molar-refractivity contribution < 1.29 is 23.6 Å². The summed E-state index contributed by atoms with van der Waals surface area (Å²) in [7, 11) is 0. The Balaban J connectivity index is 1.68. The third-order valence-corrected chi connectivity index (χ3v) is 6.86. The molecular formula is C29H32N4O5. The predicted octanol–water partition coefficient (Wildman–Crippen LogP) is 3.58. The number of nitrogens with zero attached hydrogens (tertiary/aromatic N) is 2. The minimum atomic E-state index is -1.21. The maximum Gasteiger partial charge on any atom is 0.255 e. The smallest absolute Gasteiger partial charge is 0.255 e. The van der Waals surface area contributed by atoms with Gasteiger partial charge in [-0.3, -0.25) is 19.2 Å². The van der Waals surface area contributed by atoms with Gasteiger partial charge >= 0.3 is 0 Å². The van der Waals surface area contributed by atoms with Crippen LogP contribution in [-0.2, 0) is 27.5 Å². The molecule has 0 spiro atoms. The number of anilines is 1. The van der Waals surface area contributed by atoms with E-state index in [0.29, 0.717) is 36.6 Å². The highest BCUT2D eigenvalue weighted by Gasteiger charge is 2.49. The fourth-order valence-corrected chi connectivity index (χ4v) is 4.78. The van der Waals surface area contributed by atoms with Gasteiger partial charge in [0.1, 0.15) is 11.3 Å². The number of hydrogen-bond donors (Lipinski definition) is 2. The van der Waals surface area contributed by atoms with Crippen LogP contribution < -0.4 is 10.6 Å². The van der Waals surface area contributed by atoms with E-state index in [1.54, 1.807) is 46.2 Å². The standard InChI is InChI=1S/C29H32N4O5/c1-21(34)31-25-12-10-24(11-13-25)27(36)33(20-26-9-6-18-38-26)29(14-16-32(17-15-29)22(2)35)28(37)30-19-23-7-4-3-5-8-23/h3-13,18H,14-17,19-20H2,1-2H3,(H,30,37)(H,31,34). The lowest BCUT2D eigenvalue weighted by Gasteiger charge is -2.47. The molecule has 1 aromatic heterocycles. The number of hydrogen-bond acceptors (Lipinski definition) is 5. The van der Waals surface area contributed by atoms with Crippen molar-refractivity contribution in [2.45, 2.75) is 45.3 Å². The summed E-state index contributed by atoms with van der Waals surface area (Å²) in [6.45, 7) is 4.00. The minimum absolute atomic E-state index is 0.0687. The molecule has 0 atom stereocenters. The van der Waals surface area contributed by atoms with Crippen molar-refractivity contribution in [2.75, 3.05) is 18.4 Å². The zero-order chi connectivity index (χ0) is 27.1. The van der Waals surface area contributed by atoms with Gasteiger partial charge in [0.25, 0.3) is 5.91 Å². The Hall–Kier alpha value is -4.40. The molecule has 2 aromatic carbocycles. The van der Waals surface area contributed by atoms with Gasteiger partial charge in [-0.05, 0) is 54.8 Å². The lowest BCUT2D eigenvalue weighted by atomic mass is 9.83. The quantitative estimate of drug-likeness (QED) is 0.475. The number of benzene rings is 2. The van der Waals surface area contributed by atoms with E-state index in [4.69, 9.17) is 4.42 Å². The normalized spacial score (nSPS) is 14.4. The molecule has 2 N–H and O–H groups in total. The summed E-state index contributed by atoms with van der Waals surface area (Å²) < 4.78 is 5.58. The first-order valence-corrected chi connectivity index (χ1v) is 12.6. The molecule has 38 heavy (non-hydrogen) atoms. The molecule has 1 saturated heterocycles. The van der Waals surface area contributed by atoms with E-state index in [1.807, 2.05) is 30.3 Å². The summed E-state index contributed by atoms with van der Waals surface area (Å²) in [5.41, 5.74) is 0.669. The second kappa shape index (κ2) is 11.8. The van der Waals surface area contributed by atoms with Crippen LogP contribution in [0.1, 0.15) is 48.4 Å². The van der Waals surface area contributed by atoms with E-state index in [1.165, 1.54) is 20.1 Å². The van der Waals surface area contributed by atoms with Gasteiger partial charge in [0.2, 0.25) is 17.7 Å². The summed E-state index contributed by atoms with van der Waals surface area (Å²) in [4.78, 5) is 54.8. The number of furan rings is 1. The molecule has 2 heterocycles. The first-order chi connectivity index (χ1) is 18.3. The first kappa shape index (κ1) is 26.7. The number of amides is 4. The van der Waals surface area contributed by atoms with Crippen LogP contribution in [0.2, 0.25) is 0 Å². The summed E-state index contributed by atoms with van der Waals surface area (Å²) in [6.07, 6.45) is 2.09. The molecular weight excluding hydrogens is 484 g/mol. The SMILES string of the molecule is CC(=O)Nc1ccc(C(=O)N(Cc2ccco2)C2(C(=O)NCc3ccccc3)CCN(C(C)=O)CC2)cc1. The molecule has 1 aliphatic heterocycles. The van der Waals surface area contributed by atoms with Crippen LogP contribution in [0.4, 0.5) is 5.69 Å². The summed E-state index contributed by atoms with van der Waals surface area (Å²) in [5.74, 6) is -0.366. The van der Waals surface area contributed by atoms with Crippen LogP contribution in [0.15, 0.2) is 77.4 Å². The van der Waals surface area contributed by atoms with Gasteiger partial charge in [0.15, 0.2) is 0 Å². The molecule has 0 radical (unpaired) electrons. The third-order valence-electron chi connectivity index (χ3n) is 6.86. The highest BCUT2D eigenvalue weighted by molar-refractivity contribution is 6.00. The number of carbonyl (C=O) groups is 4. The van der Waals surface area contributed by atoms with E-state index < -0.39 is 5.54 Å². The van der Waals surface area contributed by atoms with Gasteiger partial charge in [-0.2, -0.15) is 0 Å². The van der Waals surface area contributed by atoms with E-state index in [2.05, 4.69) is 10.6 Å². The van der Waals surface area contributed by atoms with Crippen LogP contribution in [0, 0.1) is 0 Å². The highest BCUT2D eigenvalue weighted by Crippen LogP contribution is 2.33. The zero-order valence-corrected chi connectivity index (χ0v) is 21.6. The molecule has 9 nitrogen and oxygen atoms in total. The van der Waals surface area contributed by atoms with Crippen molar-refractivity contribution in [1.29, 1.82) is 0 Å². The minimum Gasteiger partial charge on any atom is -0.467 e. The molecule has 198 valence electrons. The lowest BCUT2D eigenvalue weighted by molar-refractivity contribution is -0.141. The van der Waals surface area contributed by atoms with E-state index in [0.717, 1.165) is 5.56 Å². The molecule has 1 fully saturated rings. The monoisotopic (exact) mass is 516 g/mol. The van der Waals surface area contributed by atoms with Crippen LogP contribution in [-0.4, -0.2) is 52.1 Å². The Morgan fingerprint density at radius 2 is 1.61 bits per heavy atom. The first-order valence-electron chi connectivity index (χ1n) is 12.6. The zero-order valence-electron chi connectivity index (χ0n) is 21.6. The maximum absolute atomic E-state index is 14.0. The Kier molecular flexibility index (Phi) is 8.25. The fourth-order valence-electron chi connectivity index (χ4n) is 4.78. The van der Waals surface area contributed by atoms with Crippen molar-refractivity contribution in [3.05, 3.63) is 89.9 Å². The van der Waals surface area contributed by atoms with Crippen LogP contribution >= 0.6 is 0 Å². The van der Waals surface area contributed by atoms with Gasteiger partial charge in [0, 0.05) is 44.7 Å².